The molecule has 1 unspecified atom stereocenters. The molecule has 2 fully saturated rings. The Morgan fingerprint density at radius 1 is 1.00 bits per heavy atom. The van der Waals surface area contributed by atoms with Gasteiger partial charge >= 0.3 is 0 Å². The van der Waals surface area contributed by atoms with Gasteiger partial charge in [0.1, 0.15) is 6.04 Å². The lowest BCUT2D eigenvalue weighted by molar-refractivity contribution is -0.138. The zero-order valence-electron chi connectivity index (χ0n) is 14.6. The number of nitrogens with zero attached hydrogens (tertiary/aromatic N) is 1. The van der Waals surface area contributed by atoms with Crippen molar-refractivity contribution in [2.75, 3.05) is 19.6 Å². The van der Waals surface area contributed by atoms with E-state index in [-0.39, 0.29) is 17.9 Å². The fourth-order valence-electron chi connectivity index (χ4n) is 3.76. The van der Waals surface area contributed by atoms with Crippen molar-refractivity contribution in [2.24, 2.45) is 0 Å². The molecule has 1 saturated heterocycles. The first-order valence-electron chi connectivity index (χ1n) is 9.53. The van der Waals surface area contributed by atoms with Crippen molar-refractivity contribution in [2.45, 2.75) is 83.2 Å². The summed E-state index contributed by atoms with van der Waals surface area (Å²) in [5.74, 6) is 0.149. The van der Waals surface area contributed by atoms with E-state index >= 15 is 0 Å². The first-order valence-corrected chi connectivity index (χ1v) is 9.53. The van der Waals surface area contributed by atoms with Crippen LogP contribution in [0, 0.1) is 0 Å². The number of amides is 2. The quantitative estimate of drug-likeness (QED) is 0.558. The lowest BCUT2D eigenvalue weighted by Crippen LogP contribution is -2.47. The van der Waals surface area contributed by atoms with Gasteiger partial charge in [-0.3, -0.25) is 9.59 Å². The van der Waals surface area contributed by atoms with Crippen LogP contribution >= 0.6 is 0 Å². The largest absolute Gasteiger partial charge is 0.353 e. The Kier molecular flexibility index (Phi) is 7.86. The van der Waals surface area contributed by atoms with Gasteiger partial charge in [0, 0.05) is 32.1 Å². The van der Waals surface area contributed by atoms with Crippen LogP contribution in [-0.4, -0.2) is 48.4 Å². The molecule has 1 atom stereocenters. The van der Waals surface area contributed by atoms with Gasteiger partial charge < -0.3 is 15.5 Å². The molecule has 1 aliphatic heterocycles. The van der Waals surface area contributed by atoms with Crippen molar-refractivity contribution in [1.29, 1.82) is 0 Å². The molecule has 0 aromatic rings. The second-order valence-corrected chi connectivity index (χ2v) is 6.93. The average Bonchev–Trinajstić information content (AvgIpc) is 2.90. The standard InChI is InChI=1S/C18H33N3O2/c1-2-8-17(22)21-14-7-11-16(21)18(23)20-13-12-19-15-9-5-3-4-6-10-15/h15-16,19H,2-14H2,1H3,(H,20,23). The minimum Gasteiger partial charge on any atom is -0.353 e. The highest BCUT2D eigenvalue weighted by Gasteiger charge is 2.33. The number of likely N-dealkylation sites (tertiary alicyclic amines) is 1. The summed E-state index contributed by atoms with van der Waals surface area (Å²) < 4.78 is 0. The molecule has 0 aromatic carbocycles. The molecule has 1 saturated carbocycles. The molecule has 23 heavy (non-hydrogen) atoms. The topological polar surface area (TPSA) is 61.4 Å². The van der Waals surface area contributed by atoms with Crippen LogP contribution in [0.1, 0.15) is 71.1 Å². The maximum atomic E-state index is 12.3. The Bertz CT molecular complexity index is 378. The van der Waals surface area contributed by atoms with Gasteiger partial charge in [-0.25, -0.2) is 0 Å². The predicted octanol–water partition coefficient (Wildman–Crippen LogP) is 2.21. The van der Waals surface area contributed by atoms with Crippen LogP contribution < -0.4 is 10.6 Å². The van der Waals surface area contributed by atoms with E-state index in [4.69, 9.17) is 0 Å². The second-order valence-electron chi connectivity index (χ2n) is 6.93. The summed E-state index contributed by atoms with van der Waals surface area (Å²) >= 11 is 0. The van der Waals surface area contributed by atoms with Crippen LogP contribution in [-0.2, 0) is 9.59 Å². The number of nitrogens with one attached hydrogen (secondary N) is 2. The monoisotopic (exact) mass is 323 g/mol. The van der Waals surface area contributed by atoms with E-state index in [1.165, 1.54) is 38.5 Å². The van der Waals surface area contributed by atoms with Gasteiger partial charge in [0.2, 0.25) is 11.8 Å². The number of hydrogen-bond acceptors (Lipinski definition) is 3. The SMILES string of the molecule is CCCC(=O)N1CCCC1C(=O)NCCNC1CCCCCC1. The molecule has 2 rings (SSSR count). The summed E-state index contributed by atoms with van der Waals surface area (Å²) in [6.45, 7) is 4.22. The van der Waals surface area contributed by atoms with Gasteiger partial charge in [0.15, 0.2) is 0 Å². The van der Waals surface area contributed by atoms with E-state index in [0.29, 0.717) is 19.0 Å². The van der Waals surface area contributed by atoms with Crippen LogP contribution in [0.3, 0.4) is 0 Å². The third kappa shape index (κ3) is 5.79. The Morgan fingerprint density at radius 3 is 2.43 bits per heavy atom. The van der Waals surface area contributed by atoms with E-state index in [0.717, 1.165) is 32.4 Å². The van der Waals surface area contributed by atoms with Crippen molar-refractivity contribution in [3.63, 3.8) is 0 Å². The van der Waals surface area contributed by atoms with Gasteiger partial charge in [-0.1, -0.05) is 32.6 Å². The van der Waals surface area contributed by atoms with Crippen LogP contribution in [0.4, 0.5) is 0 Å². The van der Waals surface area contributed by atoms with Gasteiger partial charge in [-0.15, -0.1) is 0 Å². The maximum absolute atomic E-state index is 12.3. The lowest BCUT2D eigenvalue weighted by Gasteiger charge is -2.24. The minimum atomic E-state index is -0.244. The summed E-state index contributed by atoms with van der Waals surface area (Å²) in [4.78, 5) is 26.2. The molecule has 0 aromatic heterocycles. The molecule has 2 amide bonds. The zero-order valence-corrected chi connectivity index (χ0v) is 14.6. The fourth-order valence-corrected chi connectivity index (χ4v) is 3.76. The summed E-state index contributed by atoms with van der Waals surface area (Å²) in [7, 11) is 0. The second kappa shape index (κ2) is 9.91. The van der Waals surface area contributed by atoms with Crippen molar-refractivity contribution in [1.82, 2.24) is 15.5 Å². The van der Waals surface area contributed by atoms with E-state index in [2.05, 4.69) is 10.6 Å². The molecular weight excluding hydrogens is 290 g/mol. The van der Waals surface area contributed by atoms with Crippen LogP contribution in [0.2, 0.25) is 0 Å². The van der Waals surface area contributed by atoms with Crippen LogP contribution in [0.25, 0.3) is 0 Å². The molecule has 0 spiro atoms. The summed E-state index contributed by atoms with van der Waals surface area (Å²) in [5.41, 5.74) is 0. The average molecular weight is 323 g/mol. The van der Waals surface area contributed by atoms with Crippen molar-refractivity contribution >= 4 is 11.8 Å². The highest BCUT2D eigenvalue weighted by molar-refractivity contribution is 5.88. The maximum Gasteiger partial charge on any atom is 0.242 e. The molecule has 0 bridgehead atoms. The van der Waals surface area contributed by atoms with Crippen molar-refractivity contribution < 1.29 is 9.59 Å². The molecule has 2 N–H and O–H groups in total. The molecular formula is C18H33N3O2. The van der Waals surface area contributed by atoms with Crippen molar-refractivity contribution in [3.8, 4) is 0 Å². The third-order valence-electron chi connectivity index (χ3n) is 5.05. The van der Waals surface area contributed by atoms with Crippen LogP contribution in [0.15, 0.2) is 0 Å². The molecule has 5 nitrogen and oxygen atoms in total. The third-order valence-corrected chi connectivity index (χ3v) is 5.05. The Labute approximate surface area is 140 Å². The predicted molar refractivity (Wildman–Crippen MR) is 92.1 cm³/mol. The van der Waals surface area contributed by atoms with Crippen LogP contribution in [0.5, 0.6) is 0 Å². The van der Waals surface area contributed by atoms with E-state index in [1.807, 2.05) is 6.92 Å². The smallest absolute Gasteiger partial charge is 0.242 e. The van der Waals surface area contributed by atoms with E-state index in [9.17, 15) is 9.59 Å². The minimum absolute atomic E-state index is 0.0228. The normalized spacial score (nSPS) is 22.8. The Balaban J connectivity index is 1.66. The summed E-state index contributed by atoms with van der Waals surface area (Å²) in [5, 5.41) is 6.58. The van der Waals surface area contributed by atoms with Gasteiger partial charge in [0.05, 0.1) is 0 Å². The highest BCUT2D eigenvalue weighted by atomic mass is 16.2. The fraction of sp³-hybridized carbons (Fsp3) is 0.889. The number of carbonyl (C=O) groups is 2. The molecule has 132 valence electrons. The Morgan fingerprint density at radius 2 is 1.74 bits per heavy atom. The first-order chi connectivity index (χ1) is 11.2. The van der Waals surface area contributed by atoms with E-state index < -0.39 is 0 Å². The number of carbonyl (C=O) groups excluding carboxylic acids is 2. The van der Waals surface area contributed by atoms with Gasteiger partial charge in [-0.05, 0) is 32.1 Å². The first kappa shape index (κ1) is 18.2. The van der Waals surface area contributed by atoms with E-state index in [1.54, 1.807) is 4.90 Å². The summed E-state index contributed by atoms with van der Waals surface area (Å²) in [6.07, 6.45) is 11.0. The molecule has 1 aliphatic carbocycles. The van der Waals surface area contributed by atoms with Crippen molar-refractivity contribution in [3.05, 3.63) is 0 Å². The zero-order chi connectivity index (χ0) is 16.5. The molecule has 2 aliphatic rings. The van der Waals surface area contributed by atoms with Gasteiger partial charge in [0.25, 0.3) is 0 Å². The lowest BCUT2D eigenvalue weighted by atomic mass is 10.1. The highest BCUT2D eigenvalue weighted by Crippen LogP contribution is 2.19. The molecule has 0 radical (unpaired) electrons. The molecule has 1 heterocycles. The Hall–Kier alpha value is -1.10. The summed E-state index contributed by atoms with van der Waals surface area (Å²) in [6, 6.07) is 0.371. The number of hydrogen-bond donors (Lipinski definition) is 2. The number of rotatable bonds is 7. The van der Waals surface area contributed by atoms with Gasteiger partial charge in [-0.2, -0.15) is 0 Å². The molecule has 5 heteroatoms.